The number of aryl methyl sites for hydroxylation is 1. The molecular weight excluding hydrogens is 280 g/mol. The van der Waals surface area contributed by atoms with Gasteiger partial charge in [0, 0.05) is 25.6 Å². The van der Waals surface area contributed by atoms with Crippen molar-refractivity contribution in [2.45, 2.75) is 12.8 Å². The third-order valence-corrected chi connectivity index (χ3v) is 2.90. The van der Waals surface area contributed by atoms with Crippen LogP contribution in [0.5, 0.6) is 0 Å². The largest absolute Gasteiger partial charge is 0.383 e. The molecule has 0 fully saturated rings. The second-order valence-corrected chi connectivity index (χ2v) is 4.36. The summed E-state index contributed by atoms with van der Waals surface area (Å²) in [6.45, 7) is 0.372. The van der Waals surface area contributed by atoms with Crippen LogP contribution in [0.3, 0.4) is 0 Å². The molecule has 1 aromatic carbocycles. The zero-order chi connectivity index (χ0) is 15.2. The van der Waals surface area contributed by atoms with Crippen LogP contribution < -0.4 is 10.6 Å². The first-order chi connectivity index (χ1) is 10.1. The molecule has 2 rings (SSSR count). The first-order valence-electron chi connectivity index (χ1n) is 6.41. The molecule has 0 aliphatic carbocycles. The standard InChI is InChI=1S/C13H15F2N5O/c1-16-12-9(14)5-8(6-10(12)15)13(21)17-4-2-3-11-18-7-19-20-11/h5-7,16H,2-4H2,1H3,(H,17,21)(H,18,19,20). The van der Waals surface area contributed by atoms with Crippen LogP contribution in [0.25, 0.3) is 0 Å². The van der Waals surface area contributed by atoms with Gasteiger partial charge in [-0.25, -0.2) is 13.8 Å². The van der Waals surface area contributed by atoms with E-state index in [0.29, 0.717) is 19.4 Å². The number of nitrogens with zero attached hydrogens (tertiary/aromatic N) is 2. The van der Waals surface area contributed by atoms with E-state index in [1.807, 2.05) is 0 Å². The monoisotopic (exact) mass is 295 g/mol. The summed E-state index contributed by atoms with van der Waals surface area (Å²) in [5.74, 6) is -1.40. The zero-order valence-electron chi connectivity index (χ0n) is 11.4. The van der Waals surface area contributed by atoms with E-state index in [4.69, 9.17) is 0 Å². The summed E-state index contributed by atoms with van der Waals surface area (Å²) >= 11 is 0. The van der Waals surface area contributed by atoms with E-state index in [-0.39, 0.29) is 11.3 Å². The van der Waals surface area contributed by atoms with E-state index in [1.165, 1.54) is 13.4 Å². The SMILES string of the molecule is CNc1c(F)cc(C(=O)NCCCc2ncn[nH]2)cc1F. The summed E-state index contributed by atoms with van der Waals surface area (Å²) in [4.78, 5) is 15.8. The summed E-state index contributed by atoms with van der Waals surface area (Å²) in [7, 11) is 1.41. The quantitative estimate of drug-likeness (QED) is 0.705. The highest BCUT2D eigenvalue weighted by atomic mass is 19.1. The molecule has 21 heavy (non-hydrogen) atoms. The molecule has 0 radical (unpaired) electrons. The van der Waals surface area contributed by atoms with Crippen LogP contribution in [-0.4, -0.2) is 34.7 Å². The number of benzene rings is 1. The Morgan fingerprint density at radius 2 is 2.05 bits per heavy atom. The second kappa shape index (κ2) is 6.78. The first kappa shape index (κ1) is 14.9. The van der Waals surface area contributed by atoms with E-state index in [1.54, 1.807) is 0 Å². The Labute approximate surface area is 120 Å². The van der Waals surface area contributed by atoms with E-state index in [0.717, 1.165) is 18.0 Å². The van der Waals surface area contributed by atoms with Gasteiger partial charge in [0.25, 0.3) is 5.91 Å². The number of aromatic nitrogens is 3. The van der Waals surface area contributed by atoms with E-state index < -0.39 is 17.5 Å². The van der Waals surface area contributed by atoms with Crippen molar-refractivity contribution in [1.82, 2.24) is 20.5 Å². The van der Waals surface area contributed by atoms with Crippen LogP contribution in [-0.2, 0) is 6.42 Å². The number of carbonyl (C=O) groups excluding carboxylic acids is 1. The topological polar surface area (TPSA) is 82.7 Å². The number of amides is 1. The highest BCUT2D eigenvalue weighted by molar-refractivity contribution is 5.94. The average molecular weight is 295 g/mol. The fourth-order valence-corrected chi connectivity index (χ4v) is 1.85. The molecule has 1 aromatic heterocycles. The van der Waals surface area contributed by atoms with Gasteiger partial charge in [-0.1, -0.05) is 0 Å². The molecule has 3 N–H and O–H groups in total. The molecule has 0 atom stereocenters. The molecule has 1 amide bonds. The van der Waals surface area contributed by atoms with Crippen molar-refractivity contribution in [3.63, 3.8) is 0 Å². The maximum atomic E-state index is 13.5. The molecule has 1 heterocycles. The van der Waals surface area contributed by atoms with Crippen LogP contribution in [0.2, 0.25) is 0 Å². The summed E-state index contributed by atoms with van der Waals surface area (Å²) in [6, 6.07) is 2.00. The maximum Gasteiger partial charge on any atom is 0.251 e. The van der Waals surface area contributed by atoms with Crippen molar-refractivity contribution in [2.75, 3.05) is 18.9 Å². The minimum absolute atomic E-state index is 0.0522. The Balaban J connectivity index is 1.88. The number of H-pyrrole nitrogens is 1. The predicted molar refractivity (Wildman–Crippen MR) is 72.9 cm³/mol. The van der Waals surface area contributed by atoms with Gasteiger partial charge in [-0.15, -0.1) is 0 Å². The average Bonchev–Trinajstić information content (AvgIpc) is 2.96. The molecule has 112 valence electrons. The molecule has 0 aliphatic rings. The van der Waals surface area contributed by atoms with Crippen LogP contribution in [0.15, 0.2) is 18.5 Å². The molecule has 0 aliphatic heterocycles. The Morgan fingerprint density at radius 1 is 1.33 bits per heavy atom. The molecular formula is C13H15F2N5O. The highest BCUT2D eigenvalue weighted by Crippen LogP contribution is 2.20. The number of carbonyl (C=O) groups is 1. The van der Waals surface area contributed by atoms with Gasteiger partial charge < -0.3 is 10.6 Å². The van der Waals surface area contributed by atoms with Crippen molar-refractivity contribution in [1.29, 1.82) is 0 Å². The van der Waals surface area contributed by atoms with Gasteiger partial charge in [-0.05, 0) is 18.6 Å². The van der Waals surface area contributed by atoms with Crippen LogP contribution in [0, 0.1) is 11.6 Å². The lowest BCUT2D eigenvalue weighted by Gasteiger charge is -2.08. The third-order valence-electron chi connectivity index (χ3n) is 2.90. The maximum absolute atomic E-state index is 13.5. The minimum Gasteiger partial charge on any atom is -0.383 e. The molecule has 0 unspecified atom stereocenters. The van der Waals surface area contributed by atoms with Crippen LogP contribution in [0.1, 0.15) is 22.6 Å². The summed E-state index contributed by atoms with van der Waals surface area (Å²) in [5, 5.41) is 11.4. The van der Waals surface area contributed by atoms with Gasteiger partial charge in [-0.3, -0.25) is 9.89 Å². The number of hydrogen-bond acceptors (Lipinski definition) is 4. The first-order valence-corrected chi connectivity index (χ1v) is 6.41. The van der Waals surface area contributed by atoms with Gasteiger partial charge in [0.05, 0.1) is 0 Å². The molecule has 6 nitrogen and oxygen atoms in total. The number of halogens is 2. The summed E-state index contributed by atoms with van der Waals surface area (Å²) in [5.41, 5.74) is -0.305. The fraction of sp³-hybridized carbons (Fsp3) is 0.308. The van der Waals surface area contributed by atoms with Crippen molar-refractivity contribution in [3.8, 4) is 0 Å². The third kappa shape index (κ3) is 3.74. The minimum atomic E-state index is -0.802. The van der Waals surface area contributed by atoms with Gasteiger partial charge in [-0.2, -0.15) is 5.10 Å². The van der Waals surface area contributed by atoms with Crippen molar-refractivity contribution >= 4 is 11.6 Å². The van der Waals surface area contributed by atoms with Crippen molar-refractivity contribution < 1.29 is 13.6 Å². The Morgan fingerprint density at radius 3 is 2.62 bits per heavy atom. The summed E-state index contributed by atoms with van der Waals surface area (Å²) in [6.07, 6.45) is 2.67. The van der Waals surface area contributed by atoms with E-state index in [2.05, 4.69) is 25.8 Å². The smallest absolute Gasteiger partial charge is 0.251 e. The number of aromatic amines is 1. The van der Waals surface area contributed by atoms with E-state index >= 15 is 0 Å². The van der Waals surface area contributed by atoms with Gasteiger partial charge >= 0.3 is 0 Å². The molecule has 2 aromatic rings. The van der Waals surface area contributed by atoms with Gasteiger partial charge in [0.15, 0.2) is 0 Å². The van der Waals surface area contributed by atoms with Gasteiger partial charge in [0.1, 0.15) is 29.5 Å². The van der Waals surface area contributed by atoms with Crippen LogP contribution in [0.4, 0.5) is 14.5 Å². The Hall–Kier alpha value is -2.51. The Bertz CT molecular complexity index is 592. The van der Waals surface area contributed by atoms with Crippen molar-refractivity contribution in [3.05, 3.63) is 41.5 Å². The molecule has 0 saturated heterocycles. The normalized spacial score (nSPS) is 10.4. The molecule has 8 heteroatoms. The number of rotatable bonds is 6. The van der Waals surface area contributed by atoms with E-state index in [9.17, 15) is 13.6 Å². The van der Waals surface area contributed by atoms with Gasteiger partial charge in [0.2, 0.25) is 0 Å². The number of nitrogens with one attached hydrogen (secondary N) is 3. The lowest BCUT2D eigenvalue weighted by atomic mass is 10.1. The second-order valence-electron chi connectivity index (χ2n) is 4.36. The highest BCUT2D eigenvalue weighted by Gasteiger charge is 2.14. The molecule has 0 bridgehead atoms. The Kier molecular flexibility index (Phi) is 4.81. The fourth-order valence-electron chi connectivity index (χ4n) is 1.85. The lowest BCUT2D eigenvalue weighted by Crippen LogP contribution is -2.25. The lowest BCUT2D eigenvalue weighted by molar-refractivity contribution is 0.0952. The van der Waals surface area contributed by atoms with Crippen LogP contribution >= 0.6 is 0 Å². The molecule has 0 saturated carbocycles. The van der Waals surface area contributed by atoms with Crippen molar-refractivity contribution in [2.24, 2.45) is 0 Å². The predicted octanol–water partition coefficient (Wildman–Crippen LogP) is 1.49. The zero-order valence-corrected chi connectivity index (χ0v) is 11.4. The number of anilines is 1. The number of hydrogen-bond donors (Lipinski definition) is 3. The molecule has 0 spiro atoms. The summed E-state index contributed by atoms with van der Waals surface area (Å²) < 4.78 is 27.1.